The number of benzene rings is 1. The van der Waals surface area contributed by atoms with Crippen molar-refractivity contribution in [2.45, 2.75) is 6.92 Å². The predicted molar refractivity (Wildman–Crippen MR) is 63.8 cm³/mol. The molecule has 0 aromatic heterocycles. The average molecular weight is 287 g/mol. The zero-order valence-corrected chi connectivity index (χ0v) is 10.2. The molecule has 1 rings (SSSR count). The summed E-state index contributed by atoms with van der Waals surface area (Å²) in [6.45, 7) is 2.25. The lowest BCUT2D eigenvalue weighted by Gasteiger charge is -2.09. The van der Waals surface area contributed by atoms with E-state index >= 15 is 0 Å². The van der Waals surface area contributed by atoms with Gasteiger partial charge in [-0.25, -0.2) is 9.59 Å². The van der Waals surface area contributed by atoms with Gasteiger partial charge in [0.05, 0.1) is 11.3 Å². The second kappa shape index (κ2) is 5.50. The molecule has 0 spiro atoms. The molecule has 0 atom stereocenters. The fourth-order valence-corrected chi connectivity index (χ4v) is 1.49. The van der Waals surface area contributed by atoms with Gasteiger partial charge in [0, 0.05) is 11.0 Å². The van der Waals surface area contributed by atoms with Crippen LogP contribution in [0.3, 0.4) is 0 Å². The number of amides is 2. The number of halogens is 1. The molecule has 0 aliphatic rings. The van der Waals surface area contributed by atoms with Crippen LogP contribution in [0.15, 0.2) is 22.7 Å². The van der Waals surface area contributed by atoms with Crippen molar-refractivity contribution in [3.05, 3.63) is 28.2 Å². The number of nitrogens with one attached hydrogen (secondary N) is 2. The highest BCUT2D eigenvalue weighted by molar-refractivity contribution is 9.10. The summed E-state index contributed by atoms with van der Waals surface area (Å²) in [5.41, 5.74) is 0.308. The van der Waals surface area contributed by atoms with Gasteiger partial charge >= 0.3 is 12.0 Å². The SMILES string of the molecule is CCNC(=O)Nc1ccc(Br)cc1C(=O)O. The van der Waals surface area contributed by atoms with E-state index in [4.69, 9.17) is 5.11 Å². The highest BCUT2D eigenvalue weighted by Gasteiger charge is 2.12. The van der Waals surface area contributed by atoms with Crippen molar-refractivity contribution in [3.63, 3.8) is 0 Å². The molecule has 3 N–H and O–H groups in total. The Morgan fingerprint density at radius 3 is 2.69 bits per heavy atom. The van der Waals surface area contributed by atoms with Crippen LogP contribution in [0.4, 0.5) is 10.5 Å². The topological polar surface area (TPSA) is 78.4 Å². The van der Waals surface area contributed by atoms with Crippen molar-refractivity contribution in [1.29, 1.82) is 0 Å². The second-order valence-corrected chi connectivity index (χ2v) is 3.90. The van der Waals surface area contributed by atoms with E-state index in [1.54, 1.807) is 13.0 Å². The van der Waals surface area contributed by atoms with Crippen molar-refractivity contribution in [1.82, 2.24) is 5.32 Å². The normalized spacial score (nSPS) is 9.62. The first kappa shape index (κ1) is 12.5. The number of carbonyl (C=O) groups excluding carboxylic acids is 1. The van der Waals surface area contributed by atoms with E-state index in [-0.39, 0.29) is 11.3 Å². The largest absolute Gasteiger partial charge is 0.478 e. The van der Waals surface area contributed by atoms with Crippen LogP contribution in [0, 0.1) is 0 Å². The first-order valence-electron chi connectivity index (χ1n) is 4.62. The van der Waals surface area contributed by atoms with Gasteiger partial charge in [-0.1, -0.05) is 15.9 Å². The fourth-order valence-electron chi connectivity index (χ4n) is 1.13. The maximum Gasteiger partial charge on any atom is 0.337 e. The number of anilines is 1. The van der Waals surface area contributed by atoms with Crippen LogP contribution < -0.4 is 10.6 Å². The van der Waals surface area contributed by atoms with Crippen molar-refractivity contribution in [3.8, 4) is 0 Å². The van der Waals surface area contributed by atoms with Crippen LogP contribution in [0.1, 0.15) is 17.3 Å². The molecule has 6 heteroatoms. The molecule has 1 aromatic rings. The van der Waals surface area contributed by atoms with E-state index in [0.717, 1.165) is 0 Å². The second-order valence-electron chi connectivity index (χ2n) is 2.98. The van der Waals surface area contributed by atoms with Gasteiger partial charge in [-0.3, -0.25) is 0 Å². The summed E-state index contributed by atoms with van der Waals surface area (Å²) in [6.07, 6.45) is 0. The Morgan fingerprint density at radius 1 is 1.44 bits per heavy atom. The minimum atomic E-state index is -1.09. The number of carboxylic acid groups (broad SMARTS) is 1. The predicted octanol–water partition coefficient (Wildman–Crippen LogP) is 2.29. The molecule has 86 valence electrons. The van der Waals surface area contributed by atoms with Gasteiger partial charge in [0.15, 0.2) is 0 Å². The van der Waals surface area contributed by atoms with Crippen LogP contribution in [-0.4, -0.2) is 23.7 Å². The molecule has 0 heterocycles. The van der Waals surface area contributed by atoms with Gasteiger partial charge in [0.2, 0.25) is 0 Å². The summed E-state index contributed by atoms with van der Waals surface area (Å²) in [4.78, 5) is 22.2. The van der Waals surface area contributed by atoms with Crippen LogP contribution >= 0.6 is 15.9 Å². The molecule has 0 saturated heterocycles. The van der Waals surface area contributed by atoms with Gasteiger partial charge in [-0.05, 0) is 25.1 Å². The quantitative estimate of drug-likeness (QED) is 0.798. The Labute approximate surface area is 101 Å². The van der Waals surface area contributed by atoms with Crippen LogP contribution in [0.25, 0.3) is 0 Å². The zero-order chi connectivity index (χ0) is 12.1. The van der Waals surface area contributed by atoms with Gasteiger partial charge < -0.3 is 15.7 Å². The van der Waals surface area contributed by atoms with Gasteiger partial charge in [0.25, 0.3) is 0 Å². The van der Waals surface area contributed by atoms with E-state index in [1.165, 1.54) is 12.1 Å². The number of carboxylic acids is 1. The van der Waals surface area contributed by atoms with E-state index in [9.17, 15) is 9.59 Å². The van der Waals surface area contributed by atoms with Crippen molar-refractivity contribution < 1.29 is 14.7 Å². The third kappa shape index (κ3) is 3.23. The minimum Gasteiger partial charge on any atom is -0.478 e. The third-order valence-corrected chi connectivity index (χ3v) is 2.29. The summed E-state index contributed by atoms with van der Waals surface area (Å²) in [5, 5.41) is 13.9. The first-order chi connectivity index (χ1) is 7.54. The van der Waals surface area contributed by atoms with E-state index in [2.05, 4.69) is 26.6 Å². The van der Waals surface area contributed by atoms with E-state index in [1.807, 2.05) is 0 Å². The molecule has 5 nitrogen and oxygen atoms in total. The maximum atomic E-state index is 11.2. The molecule has 0 saturated carbocycles. The van der Waals surface area contributed by atoms with Crippen LogP contribution in [0.2, 0.25) is 0 Å². The van der Waals surface area contributed by atoms with Gasteiger partial charge in [-0.2, -0.15) is 0 Å². The number of rotatable bonds is 3. The average Bonchev–Trinajstić information content (AvgIpc) is 2.20. The number of urea groups is 1. The molecule has 16 heavy (non-hydrogen) atoms. The molecule has 0 fully saturated rings. The Hall–Kier alpha value is -1.56. The number of hydrogen-bond acceptors (Lipinski definition) is 2. The highest BCUT2D eigenvalue weighted by atomic mass is 79.9. The fraction of sp³-hybridized carbons (Fsp3) is 0.200. The summed E-state index contributed by atoms with van der Waals surface area (Å²) in [7, 11) is 0. The molecule has 0 aliphatic carbocycles. The Balaban J connectivity index is 2.95. The monoisotopic (exact) mass is 286 g/mol. The molecule has 1 aromatic carbocycles. The summed E-state index contributed by atoms with van der Waals surface area (Å²) >= 11 is 3.17. The Morgan fingerprint density at radius 2 is 2.12 bits per heavy atom. The van der Waals surface area contributed by atoms with Crippen molar-refractivity contribution in [2.24, 2.45) is 0 Å². The van der Waals surface area contributed by atoms with Gasteiger partial charge in [-0.15, -0.1) is 0 Å². The molecular formula is C10H11BrN2O3. The summed E-state index contributed by atoms with van der Waals surface area (Å²) in [5.74, 6) is -1.09. The van der Waals surface area contributed by atoms with Crippen molar-refractivity contribution in [2.75, 3.05) is 11.9 Å². The number of aromatic carboxylic acids is 1. The van der Waals surface area contributed by atoms with E-state index < -0.39 is 12.0 Å². The molecule has 2 amide bonds. The smallest absolute Gasteiger partial charge is 0.337 e. The lowest BCUT2D eigenvalue weighted by Crippen LogP contribution is -2.28. The van der Waals surface area contributed by atoms with Crippen LogP contribution in [-0.2, 0) is 0 Å². The lowest BCUT2D eigenvalue weighted by atomic mass is 10.2. The molecule has 0 bridgehead atoms. The highest BCUT2D eigenvalue weighted by Crippen LogP contribution is 2.20. The lowest BCUT2D eigenvalue weighted by molar-refractivity contribution is 0.0698. The zero-order valence-electron chi connectivity index (χ0n) is 8.58. The molecule has 0 radical (unpaired) electrons. The first-order valence-corrected chi connectivity index (χ1v) is 5.41. The number of carbonyl (C=O) groups is 2. The molecule has 0 aliphatic heterocycles. The summed E-state index contributed by atoms with van der Waals surface area (Å²) < 4.78 is 0.645. The van der Waals surface area contributed by atoms with Crippen LogP contribution in [0.5, 0.6) is 0 Å². The molecule has 0 unspecified atom stereocenters. The maximum absolute atomic E-state index is 11.2. The Kier molecular flexibility index (Phi) is 4.30. The number of hydrogen-bond donors (Lipinski definition) is 3. The third-order valence-electron chi connectivity index (χ3n) is 1.80. The van der Waals surface area contributed by atoms with Crippen molar-refractivity contribution >= 4 is 33.6 Å². The molecular weight excluding hydrogens is 276 g/mol. The van der Waals surface area contributed by atoms with Gasteiger partial charge in [0.1, 0.15) is 0 Å². The van der Waals surface area contributed by atoms with E-state index in [0.29, 0.717) is 11.0 Å². The minimum absolute atomic E-state index is 0.0422. The Bertz CT molecular complexity index is 421. The summed E-state index contributed by atoms with van der Waals surface area (Å²) in [6, 6.07) is 4.20. The standard InChI is InChI=1S/C10H11BrN2O3/c1-2-12-10(16)13-8-4-3-6(11)5-7(8)9(14)15/h3-5H,2H2,1H3,(H,14,15)(H2,12,13,16).